The van der Waals surface area contributed by atoms with Gasteiger partial charge in [0, 0.05) is 13.0 Å². The van der Waals surface area contributed by atoms with Crippen LogP contribution in [-0.4, -0.2) is 17.5 Å². The van der Waals surface area contributed by atoms with Gasteiger partial charge in [-0.3, -0.25) is 4.79 Å². The van der Waals surface area contributed by atoms with Gasteiger partial charge in [-0.2, -0.15) is 0 Å². The molecular formula is C10H18O2. The summed E-state index contributed by atoms with van der Waals surface area (Å²) in [5, 5.41) is 8.48. The molecule has 0 aliphatic rings. The maximum atomic E-state index is 10.7. The molecule has 70 valence electrons. The first-order valence-corrected chi connectivity index (χ1v) is 4.57. The average molecular weight is 170 g/mol. The molecular weight excluding hydrogens is 152 g/mol. The Hall–Kier alpha value is -0.630. The number of hydrogen-bond acceptors (Lipinski definition) is 2. The van der Waals surface area contributed by atoms with E-state index in [1.54, 1.807) is 0 Å². The van der Waals surface area contributed by atoms with Crippen LogP contribution in [0.3, 0.4) is 0 Å². The van der Waals surface area contributed by atoms with Crippen LogP contribution in [0.2, 0.25) is 0 Å². The number of allylic oxidation sites excluding steroid dienone is 1. The van der Waals surface area contributed by atoms with E-state index in [1.165, 1.54) is 6.08 Å². The third kappa shape index (κ3) is 7.48. The summed E-state index contributed by atoms with van der Waals surface area (Å²) in [6, 6.07) is 0. The van der Waals surface area contributed by atoms with E-state index in [9.17, 15) is 4.79 Å². The molecule has 0 heterocycles. The smallest absolute Gasteiger partial charge is 0.155 e. The molecule has 0 saturated heterocycles. The van der Waals surface area contributed by atoms with Crippen molar-refractivity contribution >= 4 is 5.78 Å². The van der Waals surface area contributed by atoms with Crippen molar-refractivity contribution in [2.24, 2.45) is 0 Å². The Labute approximate surface area is 74.3 Å². The summed E-state index contributed by atoms with van der Waals surface area (Å²) in [5.41, 5.74) is 0. The van der Waals surface area contributed by atoms with Crippen LogP contribution < -0.4 is 0 Å². The summed E-state index contributed by atoms with van der Waals surface area (Å²) in [4.78, 5) is 10.7. The van der Waals surface area contributed by atoms with Crippen molar-refractivity contribution in [3.8, 4) is 0 Å². The van der Waals surface area contributed by atoms with E-state index in [-0.39, 0.29) is 12.4 Å². The molecule has 0 atom stereocenters. The van der Waals surface area contributed by atoms with Crippen LogP contribution in [0.15, 0.2) is 12.7 Å². The van der Waals surface area contributed by atoms with Crippen molar-refractivity contribution < 1.29 is 9.90 Å². The maximum Gasteiger partial charge on any atom is 0.155 e. The van der Waals surface area contributed by atoms with Crippen molar-refractivity contribution in [3.63, 3.8) is 0 Å². The van der Waals surface area contributed by atoms with Gasteiger partial charge in [0.1, 0.15) is 0 Å². The van der Waals surface area contributed by atoms with Crippen molar-refractivity contribution in [1.82, 2.24) is 0 Å². The molecule has 0 fully saturated rings. The molecule has 0 aliphatic carbocycles. The van der Waals surface area contributed by atoms with E-state index >= 15 is 0 Å². The van der Waals surface area contributed by atoms with Crippen LogP contribution in [0, 0.1) is 0 Å². The number of aliphatic hydroxyl groups excluding tert-OH is 1. The number of carbonyl (C=O) groups is 1. The molecule has 0 bridgehead atoms. The Morgan fingerprint density at radius 3 is 2.33 bits per heavy atom. The first kappa shape index (κ1) is 11.4. The van der Waals surface area contributed by atoms with Crippen molar-refractivity contribution in [1.29, 1.82) is 0 Å². The fourth-order valence-electron chi connectivity index (χ4n) is 1.04. The Kier molecular flexibility index (Phi) is 8.02. The van der Waals surface area contributed by atoms with Crippen LogP contribution >= 0.6 is 0 Å². The van der Waals surface area contributed by atoms with E-state index in [2.05, 4.69) is 6.58 Å². The highest BCUT2D eigenvalue weighted by Crippen LogP contribution is 2.05. The molecule has 0 radical (unpaired) electrons. The molecule has 0 aliphatic heterocycles. The normalized spacial score (nSPS) is 9.75. The number of aliphatic hydroxyl groups is 1. The molecule has 0 aromatic heterocycles. The Morgan fingerprint density at radius 1 is 1.17 bits per heavy atom. The van der Waals surface area contributed by atoms with E-state index in [4.69, 9.17) is 5.11 Å². The molecule has 0 saturated carbocycles. The van der Waals surface area contributed by atoms with Crippen LogP contribution in [0.5, 0.6) is 0 Å². The standard InChI is InChI=1S/C10H18O2/c1-2-10(12)8-6-4-3-5-7-9-11/h2,11H,1,3-9H2. The average Bonchev–Trinajstić information content (AvgIpc) is 2.10. The van der Waals surface area contributed by atoms with Crippen LogP contribution in [0.4, 0.5) is 0 Å². The molecule has 12 heavy (non-hydrogen) atoms. The number of hydrogen-bond donors (Lipinski definition) is 1. The highest BCUT2D eigenvalue weighted by Gasteiger charge is 1.95. The summed E-state index contributed by atoms with van der Waals surface area (Å²) in [7, 11) is 0. The minimum atomic E-state index is 0.136. The first-order chi connectivity index (χ1) is 5.81. The zero-order valence-corrected chi connectivity index (χ0v) is 7.59. The predicted octanol–water partition coefficient (Wildman–Crippen LogP) is 2.07. The van der Waals surface area contributed by atoms with Gasteiger partial charge < -0.3 is 5.11 Å². The minimum Gasteiger partial charge on any atom is -0.396 e. The zero-order chi connectivity index (χ0) is 9.23. The first-order valence-electron chi connectivity index (χ1n) is 4.57. The molecule has 0 spiro atoms. The highest BCUT2D eigenvalue weighted by molar-refractivity contribution is 5.88. The van der Waals surface area contributed by atoms with Gasteiger partial charge in [0.2, 0.25) is 0 Å². The van der Waals surface area contributed by atoms with Crippen molar-refractivity contribution in [2.45, 2.75) is 38.5 Å². The SMILES string of the molecule is C=CC(=O)CCCCCCCO. The van der Waals surface area contributed by atoms with Crippen molar-refractivity contribution in [2.75, 3.05) is 6.61 Å². The largest absolute Gasteiger partial charge is 0.396 e. The summed E-state index contributed by atoms with van der Waals surface area (Å²) in [6.07, 6.45) is 7.12. The topological polar surface area (TPSA) is 37.3 Å². The summed E-state index contributed by atoms with van der Waals surface area (Å²) in [6.45, 7) is 3.69. The molecule has 2 heteroatoms. The van der Waals surface area contributed by atoms with Crippen molar-refractivity contribution in [3.05, 3.63) is 12.7 Å². The monoisotopic (exact) mass is 170 g/mol. The molecule has 1 N–H and O–H groups in total. The Balaban J connectivity index is 3.00. The molecule has 2 nitrogen and oxygen atoms in total. The van der Waals surface area contributed by atoms with Crippen LogP contribution in [-0.2, 0) is 4.79 Å². The quantitative estimate of drug-likeness (QED) is 0.447. The second-order valence-electron chi connectivity index (χ2n) is 2.91. The molecule has 0 aromatic rings. The predicted molar refractivity (Wildman–Crippen MR) is 50.0 cm³/mol. The summed E-state index contributed by atoms with van der Waals surface area (Å²) >= 11 is 0. The highest BCUT2D eigenvalue weighted by atomic mass is 16.2. The third-order valence-electron chi connectivity index (χ3n) is 1.81. The number of carbonyl (C=O) groups excluding carboxylic acids is 1. The maximum absolute atomic E-state index is 10.7. The fraction of sp³-hybridized carbons (Fsp3) is 0.700. The van der Waals surface area contributed by atoms with E-state index in [0.29, 0.717) is 6.42 Å². The van der Waals surface area contributed by atoms with Gasteiger partial charge in [0.25, 0.3) is 0 Å². The van der Waals surface area contributed by atoms with Gasteiger partial charge in [0.15, 0.2) is 5.78 Å². The van der Waals surface area contributed by atoms with Gasteiger partial charge in [-0.05, 0) is 18.9 Å². The molecule has 0 aromatic carbocycles. The van der Waals surface area contributed by atoms with E-state index in [1.807, 2.05) is 0 Å². The lowest BCUT2D eigenvalue weighted by atomic mass is 10.1. The number of rotatable bonds is 8. The molecule has 0 unspecified atom stereocenters. The second kappa shape index (κ2) is 8.47. The Morgan fingerprint density at radius 2 is 1.75 bits per heavy atom. The van der Waals surface area contributed by atoms with E-state index in [0.717, 1.165) is 32.1 Å². The lowest BCUT2D eigenvalue weighted by molar-refractivity contribution is -0.114. The van der Waals surface area contributed by atoms with Gasteiger partial charge in [0.05, 0.1) is 0 Å². The van der Waals surface area contributed by atoms with Gasteiger partial charge in [-0.25, -0.2) is 0 Å². The van der Waals surface area contributed by atoms with Gasteiger partial charge in [-0.15, -0.1) is 0 Å². The minimum absolute atomic E-state index is 0.136. The van der Waals surface area contributed by atoms with Gasteiger partial charge >= 0.3 is 0 Å². The second-order valence-corrected chi connectivity index (χ2v) is 2.91. The lowest BCUT2D eigenvalue weighted by Gasteiger charge is -1.97. The van der Waals surface area contributed by atoms with E-state index < -0.39 is 0 Å². The molecule has 0 amide bonds. The summed E-state index contributed by atoms with van der Waals surface area (Å²) < 4.78 is 0. The third-order valence-corrected chi connectivity index (χ3v) is 1.81. The summed E-state index contributed by atoms with van der Waals surface area (Å²) in [5.74, 6) is 0.136. The lowest BCUT2D eigenvalue weighted by Crippen LogP contribution is -1.91. The van der Waals surface area contributed by atoms with Crippen LogP contribution in [0.1, 0.15) is 38.5 Å². The Bertz CT molecular complexity index is 130. The fourth-order valence-corrected chi connectivity index (χ4v) is 1.04. The zero-order valence-electron chi connectivity index (χ0n) is 7.59. The number of ketones is 1. The van der Waals surface area contributed by atoms with Crippen LogP contribution in [0.25, 0.3) is 0 Å². The molecule has 0 rings (SSSR count). The number of unbranched alkanes of at least 4 members (excludes halogenated alkanes) is 4. The van der Waals surface area contributed by atoms with Gasteiger partial charge in [-0.1, -0.05) is 25.8 Å².